The quantitative estimate of drug-likeness (QED) is 0.0829. The molecule has 3 aliphatic heterocycles. The van der Waals surface area contributed by atoms with E-state index < -0.39 is 18.0 Å². The summed E-state index contributed by atoms with van der Waals surface area (Å²) in [5.74, 6) is 0.143. The molecule has 16 heteroatoms. The van der Waals surface area contributed by atoms with Crippen molar-refractivity contribution >= 4 is 63.9 Å². The van der Waals surface area contributed by atoms with Gasteiger partial charge in [-0.1, -0.05) is 55.5 Å². The van der Waals surface area contributed by atoms with E-state index in [2.05, 4.69) is 45.3 Å². The van der Waals surface area contributed by atoms with E-state index in [9.17, 15) is 24.0 Å². The Hall–Kier alpha value is -5.41. The molecule has 4 aromatic rings. The van der Waals surface area contributed by atoms with E-state index in [0.29, 0.717) is 41.6 Å². The number of carbonyl (C=O) groups excluding carboxylic acids is 5. The first kappa shape index (κ1) is 40.8. The monoisotopic (exact) mass is 825 g/mol. The minimum atomic E-state index is -0.692. The zero-order valence-electron chi connectivity index (χ0n) is 33.0. The molecule has 5 heterocycles. The van der Waals surface area contributed by atoms with Gasteiger partial charge in [0.2, 0.25) is 23.6 Å². The van der Waals surface area contributed by atoms with E-state index >= 15 is 0 Å². The fourth-order valence-electron chi connectivity index (χ4n) is 7.78. The van der Waals surface area contributed by atoms with Crippen LogP contribution in [0.25, 0.3) is 5.00 Å². The lowest BCUT2D eigenvalue weighted by Gasteiger charge is -2.29. The van der Waals surface area contributed by atoms with Gasteiger partial charge in [0, 0.05) is 63.9 Å². The summed E-state index contributed by atoms with van der Waals surface area (Å²) >= 11 is 7.91. The van der Waals surface area contributed by atoms with E-state index in [4.69, 9.17) is 16.6 Å². The molecule has 0 spiro atoms. The molecule has 4 N–H and O–H groups in total. The van der Waals surface area contributed by atoms with Crippen LogP contribution in [0, 0.1) is 20.8 Å². The molecule has 2 atom stereocenters. The van der Waals surface area contributed by atoms with Crippen molar-refractivity contribution in [3.8, 4) is 5.00 Å². The normalized spacial score (nSPS) is 17.2. The molecule has 0 saturated carbocycles. The number of fused-ring (bicyclic) bond motifs is 4. The van der Waals surface area contributed by atoms with Crippen molar-refractivity contribution in [3.05, 3.63) is 91.8 Å². The van der Waals surface area contributed by atoms with Crippen LogP contribution in [0.5, 0.6) is 0 Å². The summed E-state index contributed by atoms with van der Waals surface area (Å²) in [4.78, 5) is 70.8. The molecule has 7 rings (SSSR count). The van der Waals surface area contributed by atoms with Crippen LogP contribution < -0.4 is 21.3 Å². The van der Waals surface area contributed by atoms with Crippen molar-refractivity contribution in [1.82, 2.24) is 35.6 Å². The van der Waals surface area contributed by atoms with Gasteiger partial charge in [-0.2, -0.15) is 0 Å². The lowest BCUT2D eigenvalue weighted by molar-refractivity contribution is -0.137. The van der Waals surface area contributed by atoms with E-state index in [1.807, 2.05) is 41.8 Å². The number of imide groups is 1. The topological polar surface area (TPSA) is 180 Å². The minimum Gasteiger partial charge on any atom is -0.376 e. The Kier molecular flexibility index (Phi) is 12.7. The summed E-state index contributed by atoms with van der Waals surface area (Å²) in [7, 11) is 0. The van der Waals surface area contributed by atoms with Gasteiger partial charge >= 0.3 is 0 Å². The highest BCUT2D eigenvalue weighted by atomic mass is 35.5. The second kappa shape index (κ2) is 18.0. The number of unbranched alkanes of at least 4 members (excludes halogenated alkanes) is 5. The van der Waals surface area contributed by atoms with Gasteiger partial charge in [0.15, 0.2) is 5.82 Å². The smallest absolute Gasteiger partial charge is 0.255 e. The molecular formula is C42H48ClN9O5S. The summed E-state index contributed by atoms with van der Waals surface area (Å²) in [5.41, 5.74) is 5.84. The molecule has 3 aliphatic rings. The van der Waals surface area contributed by atoms with Gasteiger partial charge in [-0.3, -0.25) is 38.8 Å². The molecule has 0 bridgehead atoms. The van der Waals surface area contributed by atoms with Crippen molar-refractivity contribution in [2.45, 2.75) is 97.2 Å². The average Bonchev–Trinajstić information content (AvgIpc) is 3.82. The highest BCUT2D eigenvalue weighted by Gasteiger charge is 2.40. The second-order valence-electron chi connectivity index (χ2n) is 15.0. The Morgan fingerprint density at radius 1 is 0.914 bits per heavy atom. The number of hydrogen-bond acceptors (Lipinski definition) is 10. The largest absolute Gasteiger partial charge is 0.376 e. The number of aliphatic imine (C=N–C) groups is 1. The Labute approximate surface area is 346 Å². The van der Waals surface area contributed by atoms with Crippen molar-refractivity contribution in [3.63, 3.8) is 0 Å². The number of anilines is 1. The van der Waals surface area contributed by atoms with Crippen LogP contribution in [0.15, 0.2) is 47.5 Å². The predicted octanol–water partition coefficient (Wildman–Crippen LogP) is 5.64. The third-order valence-corrected chi connectivity index (χ3v) is 12.4. The van der Waals surface area contributed by atoms with E-state index in [-0.39, 0.29) is 49.6 Å². The van der Waals surface area contributed by atoms with Crippen molar-refractivity contribution in [2.75, 3.05) is 25.0 Å². The number of nitrogens with zero attached hydrogens (tertiary/aromatic N) is 5. The van der Waals surface area contributed by atoms with Gasteiger partial charge < -0.3 is 20.9 Å². The van der Waals surface area contributed by atoms with Crippen LogP contribution in [-0.2, 0) is 25.7 Å². The highest BCUT2D eigenvalue weighted by molar-refractivity contribution is 7.15. The first-order chi connectivity index (χ1) is 28.0. The molecule has 0 aliphatic carbocycles. The van der Waals surface area contributed by atoms with Crippen LogP contribution in [0.2, 0.25) is 5.02 Å². The number of benzene rings is 2. The Morgan fingerprint density at radius 2 is 1.62 bits per heavy atom. The standard InChI is InChI=1S/C42H48ClN9O5S/c1-24-25(2)58-42-37(24)38(27-13-15-28(43)16-14-27)47-32(39-50-49-26(3)52(39)42)21-35(54)44-19-8-6-4-5-7-9-20-45-36(55)22-46-31-12-10-11-29-30(31)23-51(41(29)57)33-17-18-34(53)48-40(33)56/h10-16,32-33,46H,4-9,17-23H2,1-3H3,(H,44,54)(H,45,55)(H,48,53,56)/t32-,33?/m0/s1. The van der Waals surface area contributed by atoms with E-state index in [1.165, 1.54) is 9.78 Å². The predicted molar refractivity (Wildman–Crippen MR) is 223 cm³/mol. The van der Waals surface area contributed by atoms with Gasteiger partial charge in [-0.25, -0.2) is 0 Å². The summed E-state index contributed by atoms with van der Waals surface area (Å²) < 4.78 is 2.05. The highest BCUT2D eigenvalue weighted by Crippen LogP contribution is 2.40. The molecule has 1 unspecified atom stereocenters. The number of rotatable bonds is 16. The van der Waals surface area contributed by atoms with Crippen LogP contribution >= 0.6 is 22.9 Å². The fraction of sp³-hybridized carbons (Fsp3) is 0.429. The number of piperidine rings is 1. The Bertz CT molecular complexity index is 2270. The van der Waals surface area contributed by atoms with E-state index in [0.717, 1.165) is 77.3 Å². The maximum Gasteiger partial charge on any atom is 0.255 e. The first-order valence-corrected chi connectivity index (χ1v) is 21.1. The number of halogens is 1. The average molecular weight is 826 g/mol. The molecule has 58 heavy (non-hydrogen) atoms. The summed E-state index contributed by atoms with van der Waals surface area (Å²) in [6.45, 7) is 7.56. The summed E-state index contributed by atoms with van der Waals surface area (Å²) in [5, 5.41) is 22.0. The fourth-order valence-corrected chi connectivity index (χ4v) is 9.12. The van der Waals surface area contributed by atoms with Gasteiger partial charge in [0.25, 0.3) is 5.91 Å². The number of nitrogens with one attached hydrogen (secondary N) is 4. The molecule has 5 amide bonds. The molecule has 0 radical (unpaired) electrons. The zero-order valence-corrected chi connectivity index (χ0v) is 34.5. The number of aromatic nitrogens is 3. The number of aryl methyl sites for hydroxylation is 2. The first-order valence-electron chi connectivity index (χ1n) is 19.9. The zero-order chi connectivity index (χ0) is 40.9. The Balaban J connectivity index is 0.804. The van der Waals surface area contributed by atoms with E-state index in [1.54, 1.807) is 23.5 Å². The minimum absolute atomic E-state index is 0.0555. The molecule has 1 fully saturated rings. The second-order valence-corrected chi connectivity index (χ2v) is 16.7. The van der Waals surface area contributed by atoms with Crippen LogP contribution in [0.3, 0.4) is 0 Å². The molecular weight excluding hydrogens is 778 g/mol. The van der Waals surface area contributed by atoms with Gasteiger partial charge in [-0.05, 0) is 69.9 Å². The van der Waals surface area contributed by atoms with Crippen LogP contribution in [0.4, 0.5) is 5.69 Å². The number of amides is 5. The SMILES string of the molecule is Cc1sc2c(c1C)C(c1ccc(Cl)cc1)=N[C@@H](CC(=O)NCCCCCCCCNC(=O)CNc1cccc3c1CN(C1CCC(=O)NC1=O)C3=O)c1nnc(C)n1-2. The lowest BCUT2D eigenvalue weighted by Crippen LogP contribution is -2.52. The summed E-state index contributed by atoms with van der Waals surface area (Å²) in [6.07, 6.45) is 6.37. The van der Waals surface area contributed by atoms with Gasteiger partial charge in [0.05, 0.1) is 18.7 Å². The Morgan fingerprint density at radius 3 is 2.34 bits per heavy atom. The van der Waals surface area contributed by atoms with Crippen molar-refractivity contribution in [1.29, 1.82) is 0 Å². The molecule has 1 saturated heterocycles. The molecule has 304 valence electrons. The lowest BCUT2D eigenvalue weighted by atomic mass is 9.99. The van der Waals surface area contributed by atoms with Gasteiger partial charge in [0.1, 0.15) is 22.9 Å². The van der Waals surface area contributed by atoms with Gasteiger partial charge in [-0.15, -0.1) is 21.5 Å². The molecule has 14 nitrogen and oxygen atoms in total. The third-order valence-electron chi connectivity index (χ3n) is 11.0. The number of hydrogen-bond donors (Lipinski definition) is 4. The van der Waals surface area contributed by atoms with Crippen LogP contribution in [-0.4, -0.2) is 80.6 Å². The number of carbonyl (C=O) groups is 5. The third kappa shape index (κ3) is 8.85. The maximum atomic E-state index is 13.3. The molecule has 2 aromatic carbocycles. The van der Waals surface area contributed by atoms with Crippen LogP contribution in [0.1, 0.15) is 113 Å². The van der Waals surface area contributed by atoms with Crippen molar-refractivity contribution < 1.29 is 24.0 Å². The summed E-state index contributed by atoms with van der Waals surface area (Å²) in [6, 6.07) is 11.7. The molecule has 2 aromatic heterocycles. The van der Waals surface area contributed by atoms with Crippen molar-refractivity contribution in [2.24, 2.45) is 4.99 Å². The maximum absolute atomic E-state index is 13.3. The number of thiophene rings is 1.